The van der Waals surface area contributed by atoms with Crippen LogP contribution in [0.3, 0.4) is 0 Å². The maximum Gasteiger partial charge on any atom is 0.407 e. The summed E-state index contributed by atoms with van der Waals surface area (Å²) in [4.78, 5) is 22.3. The minimum absolute atomic E-state index is 0.248. The van der Waals surface area contributed by atoms with Crippen molar-refractivity contribution in [1.82, 2.24) is 5.32 Å². The Labute approximate surface area is 127 Å². The molecule has 1 rings (SSSR count). The van der Waals surface area contributed by atoms with Gasteiger partial charge >= 0.3 is 12.1 Å². The molecule has 1 N–H and O–H groups in total. The van der Waals surface area contributed by atoms with E-state index in [2.05, 4.69) is 5.32 Å². The number of ether oxygens (including phenoxy) is 2. The molecule has 0 unspecified atom stereocenters. The third-order valence-corrected chi connectivity index (χ3v) is 3.34. The van der Waals surface area contributed by atoms with Crippen LogP contribution in [0.1, 0.15) is 53.4 Å². The average Bonchev–Trinajstić information content (AvgIpc) is 2.35. The third-order valence-electron chi connectivity index (χ3n) is 3.34. The Morgan fingerprint density at radius 1 is 1.29 bits per heavy atom. The molecule has 0 aromatic rings. The van der Waals surface area contributed by atoms with Gasteiger partial charge in [-0.1, -0.05) is 5.57 Å². The smallest absolute Gasteiger partial charge is 0.407 e. The van der Waals surface area contributed by atoms with Gasteiger partial charge in [0.15, 0.2) is 0 Å². The summed E-state index contributed by atoms with van der Waals surface area (Å²) in [6.07, 6.45) is 5.74. The second kappa shape index (κ2) is 8.05. The van der Waals surface area contributed by atoms with Crippen LogP contribution < -0.4 is 5.32 Å². The summed E-state index contributed by atoms with van der Waals surface area (Å²) < 4.78 is 10.1. The molecule has 0 spiro atoms. The Hall–Kier alpha value is -1.52. The minimum atomic E-state index is -0.455. The zero-order chi connectivity index (χ0) is 15.9. The van der Waals surface area contributed by atoms with Gasteiger partial charge in [-0.05, 0) is 58.4 Å². The molecule has 1 aliphatic rings. The SMILES string of the molecule is CC(=O)OCC=C1CCC(CNC(=O)OC(C)(C)C)CC1. The van der Waals surface area contributed by atoms with E-state index in [1.807, 2.05) is 26.8 Å². The predicted octanol–water partition coefficient (Wildman–Crippen LogP) is 3.19. The number of amides is 1. The van der Waals surface area contributed by atoms with Crippen LogP contribution in [-0.4, -0.2) is 30.8 Å². The molecule has 1 saturated carbocycles. The first-order valence-electron chi connectivity index (χ1n) is 7.54. The fourth-order valence-corrected chi connectivity index (χ4v) is 2.28. The molecule has 21 heavy (non-hydrogen) atoms. The van der Waals surface area contributed by atoms with Gasteiger partial charge in [0, 0.05) is 13.5 Å². The van der Waals surface area contributed by atoms with Crippen molar-refractivity contribution in [2.45, 2.75) is 59.0 Å². The molecule has 0 radical (unpaired) electrons. The summed E-state index contributed by atoms with van der Waals surface area (Å²) in [6.45, 7) is 8.00. The van der Waals surface area contributed by atoms with Gasteiger partial charge in [-0.15, -0.1) is 0 Å². The molecule has 0 heterocycles. The van der Waals surface area contributed by atoms with E-state index in [1.54, 1.807) is 0 Å². The Morgan fingerprint density at radius 2 is 1.90 bits per heavy atom. The largest absolute Gasteiger partial charge is 0.462 e. The second-order valence-corrected chi connectivity index (χ2v) is 6.49. The van der Waals surface area contributed by atoms with E-state index in [-0.39, 0.29) is 12.1 Å². The Bertz CT molecular complexity index is 386. The molecule has 0 saturated heterocycles. The quantitative estimate of drug-likeness (QED) is 0.639. The summed E-state index contributed by atoms with van der Waals surface area (Å²) >= 11 is 0. The van der Waals surface area contributed by atoms with E-state index >= 15 is 0 Å². The van der Waals surface area contributed by atoms with Gasteiger partial charge in [-0.3, -0.25) is 4.79 Å². The molecular weight excluding hydrogens is 270 g/mol. The van der Waals surface area contributed by atoms with Gasteiger partial charge in [-0.25, -0.2) is 4.79 Å². The molecule has 0 aromatic carbocycles. The van der Waals surface area contributed by atoms with Crippen molar-refractivity contribution in [3.63, 3.8) is 0 Å². The van der Waals surface area contributed by atoms with E-state index in [4.69, 9.17) is 9.47 Å². The Kier molecular flexibility index (Phi) is 6.72. The van der Waals surface area contributed by atoms with Gasteiger partial charge in [0.05, 0.1) is 0 Å². The maximum atomic E-state index is 11.6. The van der Waals surface area contributed by atoms with Gasteiger partial charge in [0.1, 0.15) is 12.2 Å². The van der Waals surface area contributed by atoms with E-state index in [0.717, 1.165) is 25.7 Å². The van der Waals surface area contributed by atoms with Crippen LogP contribution in [0.25, 0.3) is 0 Å². The van der Waals surface area contributed by atoms with E-state index in [9.17, 15) is 9.59 Å². The number of allylic oxidation sites excluding steroid dienone is 1. The zero-order valence-corrected chi connectivity index (χ0v) is 13.5. The Balaban J connectivity index is 2.21. The van der Waals surface area contributed by atoms with Crippen LogP contribution >= 0.6 is 0 Å². The predicted molar refractivity (Wildman–Crippen MR) is 80.9 cm³/mol. The number of carbonyl (C=O) groups is 2. The van der Waals surface area contributed by atoms with E-state index < -0.39 is 5.60 Å². The number of hydrogen-bond acceptors (Lipinski definition) is 4. The fourth-order valence-electron chi connectivity index (χ4n) is 2.28. The highest BCUT2D eigenvalue weighted by molar-refractivity contribution is 5.67. The lowest BCUT2D eigenvalue weighted by Gasteiger charge is -2.25. The van der Waals surface area contributed by atoms with Crippen LogP contribution in [0, 0.1) is 5.92 Å². The summed E-state index contributed by atoms with van der Waals surface area (Å²) in [5, 5.41) is 2.83. The standard InChI is InChI=1S/C16H27NO4/c1-12(18)20-10-9-13-5-7-14(8-6-13)11-17-15(19)21-16(2,3)4/h9,14H,5-8,10-11H2,1-4H3,(H,17,19). The van der Waals surface area contributed by atoms with Crippen molar-refractivity contribution >= 4 is 12.1 Å². The van der Waals surface area contributed by atoms with Gasteiger partial charge in [-0.2, -0.15) is 0 Å². The number of nitrogens with one attached hydrogen (secondary N) is 1. The molecule has 0 atom stereocenters. The lowest BCUT2D eigenvalue weighted by molar-refractivity contribution is -0.139. The first-order valence-corrected chi connectivity index (χ1v) is 7.54. The van der Waals surface area contributed by atoms with Crippen molar-refractivity contribution in [1.29, 1.82) is 0 Å². The van der Waals surface area contributed by atoms with E-state index in [1.165, 1.54) is 12.5 Å². The monoisotopic (exact) mass is 297 g/mol. The number of hydrogen-bond donors (Lipinski definition) is 1. The van der Waals surface area contributed by atoms with Crippen molar-refractivity contribution in [3.05, 3.63) is 11.6 Å². The molecule has 0 bridgehead atoms. The van der Waals surface area contributed by atoms with Crippen molar-refractivity contribution in [2.24, 2.45) is 5.92 Å². The fraction of sp³-hybridized carbons (Fsp3) is 0.750. The molecule has 5 heteroatoms. The lowest BCUT2D eigenvalue weighted by Crippen LogP contribution is -2.35. The highest BCUT2D eigenvalue weighted by atomic mass is 16.6. The molecule has 0 aromatic heterocycles. The zero-order valence-electron chi connectivity index (χ0n) is 13.5. The van der Waals surface area contributed by atoms with Crippen molar-refractivity contribution < 1.29 is 19.1 Å². The molecular formula is C16H27NO4. The molecule has 120 valence electrons. The topological polar surface area (TPSA) is 64.6 Å². The highest BCUT2D eigenvalue weighted by Crippen LogP contribution is 2.27. The first kappa shape index (κ1) is 17.5. The van der Waals surface area contributed by atoms with E-state index in [0.29, 0.717) is 19.1 Å². The molecule has 1 fully saturated rings. The van der Waals surface area contributed by atoms with Crippen LogP contribution in [-0.2, 0) is 14.3 Å². The summed E-state index contributed by atoms with van der Waals surface area (Å²) in [5.74, 6) is 0.241. The van der Waals surface area contributed by atoms with Crippen LogP contribution in [0.4, 0.5) is 4.79 Å². The minimum Gasteiger partial charge on any atom is -0.462 e. The molecule has 5 nitrogen and oxygen atoms in total. The Morgan fingerprint density at radius 3 is 2.43 bits per heavy atom. The van der Waals surface area contributed by atoms with Crippen molar-refractivity contribution in [3.8, 4) is 0 Å². The van der Waals surface area contributed by atoms with Gasteiger partial charge < -0.3 is 14.8 Å². The number of rotatable bonds is 4. The average molecular weight is 297 g/mol. The van der Waals surface area contributed by atoms with Gasteiger partial charge in [0.25, 0.3) is 0 Å². The van der Waals surface area contributed by atoms with Crippen LogP contribution in [0.5, 0.6) is 0 Å². The maximum absolute atomic E-state index is 11.6. The van der Waals surface area contributed by atoms with Crippen molar-refractivity contribution in [2.75, 3.05) is 13.2 Å². The number of carbonyl (C=O) groups excluding carboxylic acids is 2. The molecule has 0 aliphatic heterocycles. The normalized spacial score (nSPS) is 18.9. The third kappa shape index (κ3) is 8.38. The first-order chi connectivity index (χ1) is 9.76. The lowest BCUT2D eigenvalue weighted by atomic mass is 9.85. The van der Waals surface area contributed by atoms with Crippen LogP contribution in [0.2, 0.25) is 0 Å². The summed E-state index contributed by atoms with van der Waals surface area (Å²) in [7, 11) is 0. The molecule has 1 amide bonds. The second-order valence-electron chi connectivity index (χ2n) is 6.49. The summed E-state index contributed by atoms with van der Waals surface area (Å²) in [5.41, 5.74) is 0.883. The van der Waals surface area contributed by atoms with Crippen LogP contribution in [0.15, 0.2) is 11.6 Å². The number of esters is 1. The van der Waals surface area contributed by atoms with Gasteiger partial charge in [0.2, 0.25) is 0 Å². The molecule has 1 aliphatic carbocycles. The summed E-state index contributed by atoms with van der Waals surface area (Å²) in [6, 6.07) is 0. The number of alkyl carbamates (subject to hydrolysis) is 1. The highest BCUT2D eigenvalue weighted by Gasteiger charge is 2.20.